The number of fused-ring (bicyclic) bond motifs is 2. The molecule has 1 fully saturated rings. The second kappa shape index (κ2) is 11.2. The quantitative estimate of drug-likeness (QED) is 0.358. The van der Waals surface area contributed by atoms with E-state index in [0.29, 0.717) is 41.2 Å². The number of carboxylic acids is 1. The molecule has 0 radical (unpaired) electrons. The number of carbonyl (C=O) groups is 3. The summed E-state index contributed by atoms with van der Waals surface area (Å²) in [6.45, 7) is 2.72. The van der Waals surface area contributed by atoms with Gasteiger partial charge in [0.25, 0.3) is 0 Å². The van der Waals surface area contributed by atoms with Gasteiger partial charge in [0.1, 0.15) is 11.8 Å². The van der Waals surface area contributed by atoms with E-state index < -0.39 is 12.0 Å². The van der Waals surface area contributed by atoms with Crippen molar-refractivity contribution in [3.05, 3.63) is 22.7 Å². The van der Waals surface area contributed by atoms with Crippen LogP contribution in [-0.2, 0) is 25.7 Å². The Labute approximate surface area is 191 Å². The molecule has 0 saturated carbocycles. The Kier molecular flexibility index (Phi) is 8.33. The maximum Gasteiger partial charge on any atom is 0.305 e. The molecule has 174 valence electrons. The SMILES string of the molecule is CC(=O)OCCCCCCCCOc1ccc2c(c1Cl)CN1C(=N2)NC(=O)C1CC(=O)O. The first-order chi connectivity index (χ1) is 15.4. The van der Waals surface area contributed by atoms with Gasteiger partial charge in [0.15, 0.2) is 0 Å². The molecule has 3 rings (SSSR count). The highest BCUT2D eigenvalue weighted by molar-refractivity contribution is 6.33. The van der Waals surface area contributed by atoms with Gasteiger partial charge in [0.05, 0.1) is 36.9 Å². The smallest absolute Gasteiger partial charge is 0.305 e. The number of nitrogens with zero attached hydrogens (tertiary/aromatic N) is 2. The van der Waals surface area contributed by atoms with Crippen LogP contribution in [0.3, 0.4) is 0 Å². The molecule has 10 heteroatoms. The van der Waals surface area contributed by atoms with E-state index in [2.05, 4.69) is 10.3 Å². The zero-order valence-electron chi connectivity index (χ0n) is 18.1. The zero-order chi connectivity index (χ0) is 23.1. The molecular weight excluding hydrogens is 438 g/mol. The number of nitrogens with one attached hydrogen (secondary N) is 1. The van der Waals surface area contributed by atoms with E-state index in [-0.39, 0.29) is 24.8 Å². The van der Waals surface area contributed by atoms with Crippen molar-refractivity contribution in [3.63, 3.8) is 0 Å². The van der Waals surface area contributed by atoms with Crippen LogP contribution in [0.5, 0.6) is 5.75 Å². The molecule has 0 aromatic heterocycles. The highest BCUT2D eigenvalue weighted by atomic mass is 35.5. The predicted octanol–water partition coefficient (Wildman–Crippen LogP) is 3.40. The molecule has 2 aliphatic rings. The highest BCUT2D eigenvalue weighted by Crippen LogP contribution is 2.39. The number of hydrogen-bond donors (Lipinski definition) is 2. The van der Waals surface area contributed by atoms with Crippen molar-refractivity contribution >= 4 is 41.1 Å². The Balaban J connectivity index is 1.46. The summed E-state index contributed by atoms with van der Waals surface area (Å²) in [7, 11) is 0. The third kappa shape index (κ3) is 6.12. The van der Waals surface area contributed by atoms with Crippen molar-refractivity contribution in [2.45, 2.75) is 64.5 Å². The molecule has 32 heavy (non-hydrogen) atoms. The van der Waals surface area contributed by atoms with Gasteiger partial charge in [-0.1, -0.05) is 37.3 Å². The number of amides is 1. The van der Waals surface area contributed by atoms with E-state index in [1.807, 2.05) is 0 Å². The first-order valence-corrected chi connectivity index (χ1v) is 11.2. The van der Waals surface area contributed by atoms with Gasteiger partial charge in [-0.25, -0.2) is 4.99 Å². The van der Waals surface area contributed by atoms with Gasteiger partial charge in [-0.2, -0.15) is 0 Å². The maximum atomic E-state index is 12.1. The number of unbranched alkanes of at least 4 members (excludes halogenated alkanes) is 5. The Bertz CT molecular complexity index is 904. The average Bonchev–Trinajstić information content (AvgIpc) is 3.03. The molecule has 1 unspecified atom stereocenters. The number of rotatable bonds is 12. The average molecular weight is 466 g/mol. The van der Waals surface area contributed by atoms with Gasteiger partial charge in [0.2, 0.25) is 11.9 Å². The largest absolute Gasteiger partial charge is 0.492 e. The van der Waals surface area contributed by atoms with Crippen LogP contribution in [0, 0.1) is 0 Å². The molecule has 2 heterocycles. The molecule has 2 N–H and O–H groups in total. The van der Waals surface area contributed by atoms with Crippen LogP contribution in [0.25, 0.3) is 0 Å². The summed E-state index contributed by atoms with van der Waals surface area (Å²) in [5.41, 5.74) is 1.35. The highest BCUT2D eigenvalue weighted by Gasteiger charge is 2.40. The lowest BCUT2D eigenvalue weighted by Gasteiger charge is -2.28. The first-order valence-electron chi connectivity index (χ1n) is 10.8. The molecule has 0 spiro atoms. The van der Waals surface area contributed by atoms with Crippen molar-refractivity contribution in [3.8, 4) is 5.75 Å². The van der Waals surface area contributed by atoms with Gasteiger partial charge in [-0.05, 0) is 25.0 Å². The maximum absolute atomic E-state index is 12.1. The number of benzene rings is 1. The van der Waals surface area contributed by atoms with Crippen LogP contribution in [0.1, 0.15) is 57.4 Å². The summed E-state index contributed by atoms with van der Waals surface area (Å²) in [6.07, 6.45) is 5.70. The number of esters is 1. The van der Waals surface area contributed by atoms with Crippen molar-refractivity contribution in [2.24, 2.45) is 4.99 Å². The van der Waals surface area contributed by atoms with E-state index in [4.69, 9.17) is 26.2 Å². The van der Waals surface area contributed by atoms with Crippen molar-refractivity contribution in [2.75, 3.05) is 13.2 Å². The fraction of sp³-hybridized carbons (Fsp3) is 0.545. The van der Waals surface area contributed by atoms with Crippen LogP contribution in [0.2, 0.25) is 5.02 Å². The second-order valence-electron chi connectivity index (χ2n) is 7.85. The normalized spacial score (nSPS) is 16.7. The van der Waals surface area contributed by atoms with Gasteiger partial charge >= 0.3 is 11.9 Å². The monoisotopic (exact) mass is 465 g/mol. The van der Waals surface area contributed by atoms with Crippen molar-refractivity contribution < 1.29 is 29.0 Å². The topological polar surface area (TPSA) is 118 Å². The standard InChI is InChI=1S/C22H28ClN3O6/c1-14(27)31-10-6-4-2-3-5-7-11-32-18-9-8-16-15(20(18)23)13-26-17(12-19(28)29)21(30)25-22(26)24-16/h8-9,17H,2-7,10-13H2,1H3,(H,28,29)(H,24,25,30). The third-order valence-electron chi connectivity index (χ3n) is 5.39. The molecule has 1 aromatic carbocycles. The van der Waals surface area contributed by atoms with Gasteiger partial charge in [0, 0.05) is 12.5 Å². The molecule has 0 aliphatic carbocycles. The molecule has 1 aromatic rings. The summed E-state index contributed by atoms with van der Waals surface area (Å²) in [5, 5.41) is 12.2. The van der Waals surface area contributed by atoms with Crippen LogP contribution in [-0.4, -0.2) is 53.1 Å². The lowest BCUT2D eigenvalue weighted by molar-refractivity contribution is -0.141. The van der Waals surface area contributed by atoms with Crippen LogP contribution in [0.15, 0.2) is 17.1 Å². The Hall–Kier alpha value is -2.81. The lowest BCUT2D eigenvalue weighted by atomic mass is 10.1. The van der Waals surface area contributed by atoms with E-state index in [1.54, 1.807) is 17.0 Å². The number of hydrogen-bond acceptors (Lipinski definition) is 7. The lowest BCUT2D eigenvalue weighted by Crippen LogP contribution is -2.38. The van der Waals surface area contributed by atoms with Gasteiger partial charge < -0.3 is 19.5 Å². The fourth-order valence-corrected chi connectivity index (χ4v) is 4.02. The molecule has 0 bridgehead atoms. The number of carbonyl (C=O) groups excluding carboxylic acids is 2. The number of guanidine groups is 1. The summed E-state index contributed by atoms with van der Waals surface area (Å²) in [5.74, 6) is -0.756. The number of carboxylic acid groups (broad SMARTS) is 1. The molecule has 1 amide bonds. The van der Waals surface area contributed by atoms with Gasteiger partial charge in [-0.15, -0.1) is 0 Å². The minimum absolute atomic E-state index is 0.235. The molecule has 9 nitrogen and oxygen atoms in total. The molecular formula is C22H28ClN3O6. The summed E-state index contributed by atoms with van der Waals surface area (Å²) < 4.78 is 10.8. The molecule has 2 aliphatic heterocycles. The fourth-order valence-electron chi connectivity index (χ4n) is 3.75. The van der Waals surface area contributed by atoms with Crippen molar-refractivity contribution in [1.29, 1.82) is 0 Å². The summed E-state index contributed by atoms with van der Waals surface area (Å²) >= 11 is 6.56. The molecule has 1 atom stereocenters. The number of aliphatic carboxylic acids is 1. The van der Waals surface area contributed by atoms with E-state index >= 15 is 0 Å². The zero-order valence-corrected chi connectivity index (χ0v) is 18.8. The minimum atomic E-state index is -1.05. The van der Waals surface area contributed by atoms with Crippen molar-refractivity contribution in [1.82, 2.24) is 10.2 Å². The minimum Gasteiger partial charge on any atom is -0.492 e. The van der Waals surface area contributed by atoms with Crippen LogP contribution in [0.4, 0.5) is 5.69 Å². The van der Waals surface area contributed by atoms with E-state index in [0.717, 1.165) is 38.5 Å². The van der Waals surface area contributed by atoms with Gasteiger partial charge in [-0.3, -0.25) is 19.7 Å². The Morgan fingerprint density at radius 2 is 1.88 bits per heavy atom. The number of halogens is 1. The third-order valence-corrected chi connectivity index (χ3v) is 5.81. The second-order valence-corrected chi connectivity index (χ2v) is 8.23. The Morgan fingerprint density at radius 3 is 2.56 bits per heavy atom. The first kappa shape index (κ1) is 23.8. The number of ether oxygens (including phenoxy) is 2. The van der Waals surface area contributed by atoms with Crippen LogP contribution < -0.4 is 10.1 Å². The Morgan fingerprint density at radius 1 is 1.19 bits per heavy atom. The summed E-state index contributed by atoms with van der Waals surface area (Å²) in [6, 6.07) is 2.75. The van der Waals surface area contributed by atoms with Crippen LogP contribution >= 0.6 is 11.6 Å². The summed E-state index contributed by atoms with van der Waals surface area (Å²) in [4.78, 5) is 40.0. The molecule has 1 saturated heterocycles. The predicted molar refractivity (Wildman–Crippen MR) is 118 cm³/mol. The number of aliphatic imine (C=N–C) groups is 1. The van der Waals surface area contributed by atoms with E-state index in [9.17, 15) is 14.4 Å². The van der Waals surface area contributed by atoms with E-state index in [1.165, 1.54) is 6.92 Å².